The number of aliphatic hydroxyl groups excluding tert-OH is 1. The Bertz CT molecular complexity index is 435. The molecule has 2 heterocycles. The SMILES string of the molecule is CCOC(=O)[C@@H]1CCCN([C@H]2CS(=O)(=O)C[C@H]2O)C1. The number of carbonyl (C=O) groups excluding carboxylic acids is 1. The monoisotopic (exact) mass is 291 g/mol. The molecule has 2 aliphatic rings. The lowest BCUT2D eigenvalue weighted by atomic mass is 9.96. The maximum Gasteiger partial charge on any atom is 0.310 e. The molecule has 6 nitrogen and oxygen atoms in total. The van der Waals surface area contributed by atoms with Crippen LogP contribution >= 0.6 is 0 Å². The number of sulfone groups is 1. The van der Waals surface area contributed by atoms with Gasteiger partial charge in [-0.2, -0.15) is 0 Å². The first-order valence-electron chi connectivity index (χ1n) is 6.72. The van der Waals surface area contributed by atoms with Gasteiger partial charge in [-0.1, -0.05) is 0 Å². The molecule has 1 N–H and O–H groups in total. The largest absolute Gasteiger partial charge is 0.466 e. The maximum absolute atomic E-state index is 11.7. The zero-order valence-corrected chi connectivity index (χ0v) is 11.9. The summed E-state index contributed by atoms with van der Waals surface area (Å²) >= 11 is 0. The summed E-state index contributed by atoms with van der Waals surface area (Å²) in [5.41, 5.74) is 0. The number of carbonyl (C=O) groups is 1. The van der Waals surface area contributed by atoms with E-state index in [-0.39, 0.29) is 29.4 Å². The van der Waals surface area contributed by atoms with Gasteiger partial charge in [-0.05, 0) is 26.3 Å². The molecular formula is C12H21NO5S. The zero-order chi connectivity index (χ0) is 14.0. The van der Waals surface area contributed by atoms with Crippen LogP contribution in [0.5, 0.6) is 0 Å². The molecule has 3 atom stereocenters. The molecule has 0 radical (unpaired) electrons. The third kappa shape index (κ3) is 3.46. The van der Waals surface area contributed by atoms with Crippen LogP contribution in [-0.4, -0.2) is 67.7 Å². The molecule has 0 aromatic heterocycles. The second kappa shape index (κ2) is 5.76. The number of esters is 1. The van der Waals surface area contributed by atoms with Gasteiger partial charge in [0.1, 0.15) is 0 Å². The van der Waals surface area contributed by atoms with Crippen molar-refractivity contribution in [2.75, 3.05) is 31.2 Å². The van der Waals surface area contributed by atoms with Crippen molar-refractivity contribution in [2.24, 2.45) is 5.92 Å². The molecule has 7 heteroatoms. The third-order valence-electron chi connectivity index (χ3n) is 3.84. The first kappa shape index (κ1) is 14.7. The predicted molar refractivity (Wildman–Crippen MR) is 69.4 cm³/mol. The summed E-state index contributed by atoms with van der Waals surface area (Å²) in [6.45, 7) is 3.34. The Kier molecular flexibility index (Phi) is 4.47. The quantitative estimate of drug-likeness (QED) is 0.700. The average Bonchev–Trinajstić information content (AvgIpc) is 2.63. The maximum atomic E-state index is 11.7. The Morgan fingerprint density at radius 1 is 1.42 bits per heavy atom. The summed E-state index contributed by atoms with van der Waals surface area (Å²) < 4.78 is 28.1. The van der Waals surface area contributed by atoms with Crippen LogP contribution in [0.25, 0.3) is 0 Å². The van der Waals surface area contributed by atoms with Crippen molar-refractivity contribution in [3.8, 4) is 0 Å². The highest BCUT2D eigenvalue weighted by molar-refractivity contribution is 7.91. The van der Waals surface area contributed by atoms with Crippen LogP contribution in [0.15, 0.2) is 0 Å². The van der Waals surface area contributed by atoms with E-state index in [4.69, 9.17) is 4.74 Å². The summed E-state index contributed by atoms with van der Waals surface area (Å²) in [4.78, 5) is 13.7. The van der Waals surface area contributed by atoms with Gasteiger partial charge < -0.3 is 9.84 Å². The van der Waals surface area contributed by atoms with Crippen molar-refractivity contribution in [3.05, 3.63) is 0 Å². The lowest BCUT2D eigenvalue weighted by Gasteiger charge is -2.36. The topological polar surface area (TPSA) is 83.9 Å². The molecule has 2 saturated heterocycles. The van der Waals surface area contributed by atoms with E-state index in [2.05, 4.69) is 0 Å². The molecule has 0 bridgehead atoms. The number of hydrogen-bond acceptors (Lipinski definition) is 6. The molecule has 0 saturated carbocycles. The van der Waals surface area contributed by atoms with Crippen LogP contribution in [0.1, 0.15) is 19.8 Å². The van der Waals surface area contributed by atoms with E-state index in [1.165, 1.54) is 0 Å². The summed E-state index contributed by atoms with van der Waals surface area (Å²) in [6.07, 6.45) is 0.753. The molecular weight excluding hydrogens is 270 g/mol. The van der Waals surface area contributed by atoms with Crippen LogP contribution in [0, 0.1) is 5.92 Å². The van der Waals surface area contributed by atoms with Crippen molar-refractivity contribution >= 4 is 15.8 Å². The van der Waals surface area contributed by atoms with Gasteiger partial charge in [0.2, 0.25) is 0 Å². The average molecular weight is 291 g/mol. The Balaban J connectivity index is 2.00. The van der Waals surface area contributed by atoms with Gasteiger partial charge in [-0.3, -0.25) is 9.69 Å². The second-order valence-electron chi connectivity index (χ2n) is 5.30. The predicted octanol–water partition coefficient (Wildman–Crippen LogP) is -0.581. The molecule has 2 aliphatic heterocycles. The highest BCUT2D eigenvalue weighted by Gasteiger charge is 2.42. The number of nitrogens with zero attached hydrogens (tertiary/aromatic N) is 1. The number of likely N-dealkylation sites (tertiary alicyclic amines) is 1. The van der Waals surface area contributed by atoms with Crippen molar-refractivity contribution in [1.29, 1.82) is 0 Å². The minimum atomic E-state index is -3.15. The summed E-state index contributed by atoms with van der Waals surface area (Å²) in [7, 11) is -3.15. The number of hydrogen-bond donors (Lipinski definition) is 1. The summed E-state index contributed by atoms with van der Waals surface area (Å²) in [5.74, 6) is -0.603. The molecule has 2 fully saturated rings. The molecule has 19 heavy (non-hydrogen) atoms. The van der Waals surface area contributed by atoms with Crippen molar-refractivity contribution in [2.45, 2.75) is 31.9 Å². The Hall–Kier alpha value is -0.660. The van der Waals surface area contributed by atoms with Gasteiger partial charge in [-0.15, -0.1) is 0 Å². The van der Waals surface area contributed by atoms with E-state index in [1.54, 1.807) is 6.92 Å². The zero-order valence-electron chi connectivity index (χ0n) is 11.1. The van der Waals surface area contributed by atoms with Crippen LogP contribution in [0.3, 0.4) is 0 Å². The first-order valence-corrected chi connectivity index (χ1v) is 8.54. The molecule has 2 rings (SSSR count). The van der Waals surface area contributed by atoms with Gasteiger partial charge in [-0.25, -0.2) is 8.42 Å². The lowest BCUT2D eigenvalue weighted by Crippen LogP contribution is -2.49. The fourth-order valence-corrected chi connectivity index (χ4v) is 4.75. The number of aliphatic hydroxyl groups is 1. The van der Waals surface area contributed by atoms with Crippen molar-refractivity contribution in [3.63, 3.8) is 0 Å². The number of piperidine rings is 1. The minimum Gasteiger partial charge on any atom is -0.466 e. The molecule has 0 spiro atoms. The molecule has 0 aromatic rings. The van der Waals surface area contributed by atoms with Gasteiger partial charge >= 0.3 is 5.97 Å². The minimum absolute atomic E-state index is 0.0102. The van der Waals surface area contributed by atoms with Crippen LogP contribution in [-0.2, 0) is 19.4 Å². The van der Waals surface area contributed by atoms with Gasteiger partial charge in [0.25, 0.3) is 0 Å². The molecule has 0 amide bonds. The first-order chi connectivity index (χ1) is 8.93. The van der Waals surface area contributed by atoms with Crippen LogP contribution in [0.2, 0.25) is 0 Å². The highest BCUT2D eigenvalue weighted by atomic mass is 32.2. The van der Waals surface area contributed by atoms with Crippen molar-refractivity contribution < 1.29 is 23.1 Å². The Labute approximate surface area is 113 Å². The van der Waals surface area contributed by atoms with Gasteiger partial charge in [0.15, 0.2) is 9.84 Å². The molecule has 0 aromatic carbocycles. The second-order valence-corrected chi connectivity index (χ2v) is 7.45. The molecule has 0 unspecified atom stereocenters. The number of ether oxygens (including phenoxy) is 1. The smallest absolute Gasteiger partial charge is 0.310 e. The van der Waals surface area contributed by atoms with E-state index < -0.39 is 15.9 Å². The van der Waals surface area contributed by atoms with Gasteiger partial charge in [0, 0.05) is 6.54 Å². The number of rotatable bonds is 3. The van der Waals surface area contributed by atoms with E-state index in [0.29, 0.717) is 13.2 Å². The Morgan fingerprint density at radius 3 is 2.74 bits per heavy atom. The van der Waals surface area contributed by atoms with Gasteiger partial charge in [0.05, 0.1) is 36.2 Å². The van der Waals surface area contributed by atoms with E-state index in [0.717, 1.165) is 19.4 Å². The van der Waals surface area contributed by atoms with Crippen molar-refractivity contribution in [1.82, 2.24) is 4.90 Å². The van der Waals surface area contributed by atoms with E-state index in [1.807, 2.05) is 4.90 Å². The van der Waals surface area contributed by atoms with E-state index in [9.17, 15) is 18.3 Å². The molecule has 0 aliphatic carbocycles. The Morgan fingerprint density at radius 2 is 2.16 bits per heavy atom. The fourth-order valence-electron chi connectivity index (χ4n) is 2.92. The van der Waals surface area contributed by atoms with E-state index >= 15 is 0 Å². The molecule has 110 valence electrons. The fraction of sp³-hybridized carbons (Fsp3) is 0.917. The normalized spacial score (nSPS) is 35.2. The summed E-state index contributed by atoms with van der Waals surface area (Å²) in [5, 5.41) is 9.87. The lowest BCUT2D eigenvalue weighted by molar-refractivity contribution is -0.150. The van der Waals surface area contributed by atoms with Crippen LogP contribution < -0.4 is 0 Å². The third-order valence-corrected chi connectivity index (χ3v) is 5.53. The summed E-state index contributed by atoms with van der Waals surface area (Å²) in [6, 6.07) is -0.373. The highest BCUT2D eigenvalue weighted by Crippen LogP contribution is 2.25. The standard InChI is InChI=1S/C12H21NO5S/c1-2-18-12(15)9-4-3-5-13(6-9)10-7-19(16,17)8-11(10)14/h9-11,14H,2-8H2,1H3/t9-,10+,11-/m1/s1. The van der Waals surface area contributed by atoms with Crippen LogP contribution in [0.4, 0.5) is 0 Å².